The van der Waals surface area contributed by atoms with Crippen molar-refractivity contribution in [1.29, 1.82) is 0 Å². The predicted octanol–water partition coefficient (Wildman–Crippen LogP) is 5.54. The van der Waals surface area contributed by atoms with Gasteiger partial charge in [-0.25, -0.2) is 0 Å². The number of fused-ring (bicyclic) bond motifs is 2. The molecule has 5 rings (SSSR count). The fourth-order valence-corrected chi connectivity index (χ4v) is 5.12. The third-order valence-electron chi connectivity index (χ3n) is 8.78. The SMILES string of the molecule is CC(O)(CCC1(C)OB(c2ccc3ccccc3c2)OC1(C)C)C(C)(C)O[B]c1cccc2ccccc12. The molecule has 2 unspecified atom stereocenters. The summed E-state index contributed by atoms with van der Waals surface area (Å²) in [5, 5.41) is 16.3. The Morgan fingerprint density at radius 2 is 1.47 bits per heavy atom. The van der Waals surface area contributed by atoms with E-state index in [1.165, 1.54) is 5.39 Å². The molecule has 38 heavy (non-hydrogen) atoms. The zero-order valence-corrected chi connectivity index (χ0v) is 23.3. The third kappa shape index (κ3) is 5.03. The van der Waals surface area contributed by atoms with Crippen molar-refractivity contribution < 1.29 is 19.1 Å². The van der Waals surface area contributed by atoms with E-state index in [1.807, 2.05) is 57.2 Å². The van der Waals surface area contributed by atoms with Crippen molar-refractivity contribution in [2.24, 2.45) is 0 Å². The molecule has 1 aliphatic heterocycles. The van der Waals surface area contributed by atoms with Crippen LogP contribution in [-0.4, -0.2) is 42.1 Å². The Hall–Kier alpha value is -2.63. The van der Waals surface area contributed by atoms with Gasteiger partial charge in [0.2, 0.25) is 0 Å². The molecule has 1 radical (unpaired) electrons. The Balaban J connectivity index is 1.28. The van der Waals surface area contributed by atoms with E-state index in [-0.39, 0.29) is 0 Å². The van der Waals surface area contributed by atoms with Crippen molar-refractivity contribution in [3.8, 4) is 0 Å². The van der Waals surface area contributed by atoms with Gasteiger partial charge in [-0.05, 0) is 86.9 Å². The Bertz CT molecular complexity index is 1440. The predicted molar refractivity (Wildman–Crippen MR) is 158 cm³/mol. The fourth-order valence-electron chi connectivity index (χ4n) is 5.12. The molecule has 1 N–H and O–H groups in total. The van der Waals surface area contributed by atoms with Crippen LogP contribution < -0.4 is 10.9 Å². The summed E-state index contributed by atoms with van der Waals surface area (Å²) in [5.41, 5.74) is -1.09. The van der Waals surface area contributed by atoms with E-state index in [2.05, 4.69) is 69.3 Å². The van der Waals surface area contributed by atoms with Gasteiger partial charge in [-0.1, -0.05) is 84.9 Å². The minimum atomic E-state index is -1.11. The van der Waals surface area contributed by atoms with E-state index < -0.39 is 29.5 Å². The molecule has 4 aromatic rings. The molecule has 0 bridgehead atoms. The van der Waals surface area contributed by atoms with E-state index in [0.717, 1.165) is 27.1 Å². The van der Waals surface area contributed by atoms with Crippen LogP contribution in [0.15, 0.2) is 84.9 Å². The minimum absolute atomic E-state index is 0.464. The summed E-state index contributed by atoms with van der Waals surface area (Å²) in [4.78, 5) is 0. The lowest BCUT2D eigenvalue weighted by molar-refractivity contribution is -0.120. The smallest absolute Gasteiger partial charge is 0.427 e. The molecule has 0 saturated carbocycles. The summed E-state index contributed by atoms with van der Waals surface area (Å²) in [7, 11) is 1.31. The topological polar surface area (TPSA) is 47.9 Å². The molecule has 195 valence electrons. The Morgan fingerprint density at radius 3 is 2.24 bits per heavy atom. The van der Waals surface area contributed by atoms with Gasteiger partial charge in [-0.2, -0.15) is 0 Å². The second kappa shape index (κ2) is 9.84. The monoisotopic (exact) mass is 507 g/mol. The highest BCUT2D eigenvalue weighted by Gasteiger charge is 2.55. The van der Waals surface area contributed by atoms with Crippen LogP contribution in [0.2, 0.25) is 0 Å². The summed E-state index contributed by atoms with van der Waals surface area (Å²) < 4.78 is 19.3. The van der Waals surface area contributed by atoms with E-state index >= 15 is 0 Å². The Morgan fingerprint density at radius 1 is 0.816 bits per heavy atom. The van der Waals surface area contributed by atoms with Crippen molar-refractivity contribution in [3.05, 3.63) is 84.9 Å². The van der Waals surface area contributed by atoms with Gasteiger partial charge in [-0.3, -0.25) is 0 Å². The first-order chi connectivity index (χ1) is 17.9. The quantitative estimate of drug-likeness (QED) is 0.318. The summed E-state index contributed by atoms with van der Waals surface area (Å²) in [6.07, 6.45) is 1.09. The van der Waals surface area contributed by atoms with Gasteiger partial charge in [-0.15, -0.1) is 0 Å². The summed E-state index contributed by atoms with van der Waals surface area (Å²) >= 11 is 0. The van der Waals surface area contributed by atoms with Gasteiger partial charge in [0.15, 0.2) is 0 Å². The average Bonchev–Trinajstić information content (AvgIpc) is 3.14. The van der Waals surface area contributed by atoms with Crippen molar-refractivity contribution in [2.45, 2.75) is 76.8 Å². The largest absolute Gasteiger partial charge is 0.494 e. The molecule has 1 heterocycles. The van der Waals surface area contributed by atoms with Crippen LogP contribution in [0.5, 0.6) is 0 Å². The normalized spacial score (nSPS) is 21.1. The lowest BCUT2D eigenvalue weighted by Crippen LogP contribution is -2.53. The average molecular weight is 507 g/mol. The van der Waals surface area contributed by atoms with Gasteiger partial charge >= 0.3 is 14.6 Å². The highest BCUT2D eigenvalue weighted by molar-refractivity contribution is 6.62. The number of hydrogen-bond donors (Lipinski definition) is 1. The molecule has 0 amide bonds. The number of hydrogen-bond acceptors (Lipinski definition) is 4. The fraction of sp³-hybridized carbons (Fsp3) is 0.375. The maximum atomic E-state index is 11.6. The lowest BCUT2D eigenvalue weighted by atomic mass is 9.75. The maximum Gasteiger partial charge on any atom is 0.494 e. The molecule has 0 aliphatic carbocycles. The van der Waals surface area contributed by atoms with Crippen LogP contribution in [-0.2, 0) is 14.0 Å². The first-order valence-corrected chi connectivity index (χ1v) is 13.5. The first-order valence-electron chi connectivity index (χ1n) is 13.5. The molecule has 6 heteroatoms. The molecule has 0 spiro atoms. The summed E-state index contributed by atoms with van der Waals surface area (Å²) in [6, 6.07) is 29.0. The molecular weight excluding hydrogens is 470 g/mol. The van der Waals surface area contributed by atoms with Crippen molar-refractivity contribution >= 4 is 47.1 Å². The van der Waals surface area contributed by atoms with Crippen molar-refractivity contribution in [1.82, 2.24) is 0 Å². The van der Waals surface area contributed by atoms with Gasteiger partial charge < -0.3 is 19.1 Å². The van der Waals surface area contributed by atoms with E-state index in [0.29, 0.717) is 12.8 Å². The van der Waals surface area contributed by atoms with Crippen LogP contribution in [0.3, 0.4) is 0 Å². The summed E-state index contributed by atoms with van der Waals surface area (Å²) in [5.74, 6) is 0. The molecular formula is C32H37B2O4. The minimum Gasteiger partial charge on any atom is -0.427 e. The zero-order chi connectivity index (χ0) is 27.2. The van der Waals surface area contributed by atoms with Crippen LogP contribution in [0.25, 0.3) is 21.5 Å². The van der Waals surface area contributed by atoms with Crippen LogP contribution >= 0.6 is 0 Å². The van der Waals surface area contributed by atoms with Crippen molar-refractivity contribution in [2.75, 3.05) is 0 Å². The Kier molecular flexibility index (Phi) is 6.98. The number of benzene rings is 4. The van der Waals surface area contributed by atoms with Gasteiger partial charge in [0.25, 0.3) is 0 Å². The van der Waals surface area contributed by atoms with Crippen LogP contribution in [0.1, 0.15) is 54.4 Å². The van der Waals surface area contributed by atoms with Gasteiger partial charge in [0.05, 0.1) is 22.4 Å². The van der Waals surface area contributed by atoms with E-state index in [1.54, 1.807) is 7.48 Å². The van der Waals surface area contributed by atoms with E-state index in [4.69, 9.17) is 14.0 Å². The molecule has 4 aromatic carbocycles. The number of rotatable bonds is 8. The lowest BCUT2D eigenvalue weighted by Gasteiger charge is -2.44. The van der Waals surface area contributed by atoms with Gasteiger partial charge in [0.1, 0.15) is 0 Å². The molecule has 1 saturated heterocycles. The van der Waals surface area contributed by atoms with Gasteiger partial charge in [0, 0.05) is 0 Å². The highest BCUT2D eigenvalue weighted by atomic mass is 16.7. The second-order valence-electron chi connectivity index (χ2n) is 12.0. The zero-order valence-electron chi connectivity index (χ0n) is 23.3. The van der Waals surface area contributed by atoms with Crippen molar-refractivity contribution in [3.63, 3.8) is 0 Å². The molecule has 2 atom stereocenters. The Labute approximate surface area is 227 Å². The highest BCUT2D eigenvalue weighted by Crippen LogP contribution is 2.43. The standard InChI is InChI=1S/C32H37B2O4/c1-29(2,36-33-28-17-11-15-24-13-9-10-16-27(24)28)31(5,35)20-21-32(6)30(3,4)37-34(38-32)26-19-18-23-12-7-8-14-25(23)22-26/h7-19,22,35H,20-21H2,1-6H3. The molecule has 4 nitrogen and oxygen atoms in total. The third-order valence-corrected chi connectivity index (χ3v) is 8.78. The molecule has 1 aliphatic rings. The second-order valence-corrected chi connectivity index (χ2v) is 12.0. The first kappa shape index (κ1) is 27.0. The number of aliphatic hydroxyl groups is 1. The molecule has 1 fully saturated rings. The van der Waals surface area contributed by atoms with Crippen LogP contribution in [0, 0.1) is 0 Å². The molecule has 0 aromatic heterocycles. The van der Waals surface area contributed by atoms with E-state index in [9.17, 15) is 5.11 Å². The maximum absolute atomic E-state index is 11.6. The summed E-state index contributed by atoms with van der Waals surface area (Å²) in [6.45, 7) is 11.9. The van der Waals surface area contributed by atoms with Crippen LogP contribution in [0.4, 0.5) is 0 Å².